The molecule has 1 aliphatic carbocycles. The van der Waals surface area contributed by atoms with E-state index in [2.05, 4.69) is 10.1 Å². The van der Waals surface area contributed by atoms with E-state index < -0.39 is 0 Å². The number of nitrogens with zero attached hydrogens (tertiary/aromatic N) is 3. The second kappa shape index (κ2) is 4.96. The highest BCUT2D eigenvalue weighted by Crippen LogP contribution is 2.34. The quantitative estimate of drug-likeness (QED) is 0.792. The first-order valence-electron chi connectivity index (χ1n) is 6.75. The maximum absolute atomic E-state index is 11.2. The lowest BCUT2D eigenvalue weighted by atomic mass is 10.0. The van der Waals surface area contributed by atoms with E-state index in [4.69, 9.17) is 0 Å². The summed E-state index contributed by atoms with van der Waals surface area (Å²) in [4.78, 5) is 15.5. The molecule has 0 N–H and O–H groups in total. The molecule has 1 aliphatic rings. The van der Waals surface area contributed by atoms with Crippen molar-refractivity contribution in [1.29, 1.82) is 0 Å². The summed E-state index contributed by atoms with van der Waals surface area (Å²) in [5, 5.41) is 4.60. The first-order chi connectivity index (χ1) is 9.28. The molecule has 0 atom stereocenters. The highest BCUT2D eigenvalue weighted by molar-refractivity contribution is 5.76. The number of aryl methyl sites for hydroxylation is 1. The molecule has 4 nitrogen and oxygen atoms in total. The van der Waals surface area contributed by atoms with Crippen LogP contribution in [0.1, 0.15) is 53.2 Å². The monoisotopic (exact) mass is 255 g/mol. The fourth-order valence-corrected chi connectivity index (χ4v) is 2.77. The Morgan fingerprint density at radius 2 is 2.16 bits per heavy atom. The Labute approximate surface area is 112 Å². The summed E-state index contributed by atoms with van der Waals surface area (Å²) in [7, 11) is 0. The van der Waals surface area contributed by atoms with Crippen molar-refractivity contribution in [2.24, 2.45) is 0 Å². The van der Waals surface area contributed by atoms with Gasteiger partial charge in [-0.15, -0.1) is 0 Å². The van der Waals surface area contributed by atoms with Crippen molar-refractivity contribution < 1.29 is 4.79 Å². The minimum Gasteiger partial charge on any atom is -0.298 e. The van der Waals surface area contributed by atoms with E-state index in [1.807, 2.05) is 19.1 Å². The third-order valence-electron chi connectivity index (χ3n) is 3.78. The lowest BCUT2D eigenvalue weighted by molar-refractivity contribution is 0.112. The Kier molecular flexibility index (Phi) is 3.15. The maximum Gasteiger partial charge on any atom is 0.153 e. The number of carbonyl (C=O) groups is 1. The summed E-state index contributed by atoms with van der Waals surface area (Å²) < 4.78 is 1.73. The third kappa shape index (κ3) is 2.30. The van der Waals surface area contributed by atoms with Crippen LogP contribution in [-0.4, -0.2) is 21.1 Å². The molecular formula is C15H17N3O. The molecule has 0 bridgehead atoms. The fourth-order valence-electron chi connectivity index (χ4n) is 2.77. The average molecular weight is 255 g/mol. The van der Waals surface area contributed by atoms with Crippen LogP contribution in [0.4, 0.5) is 0 Å². The van der Waals surface area contributed by atoms with Gasteiger partial charge in [0.1, 0.15) is 0 Å². The predicted molar refractivity (Wildman–Crippen MR) is 72.7 cm³/mol. The van der Waals surface area contributed by atoms with Gasteiger partial charge in [-0.3, -0.25) is 4.79 Å². The van der Waals surface area contributed by atoms with Crippen LogP contribution in [-0.2, 0) is 0 Å². The molecule has 98 valence electrons. The van der Waals surface area contributed by atoms with Gasteiger partial charge in [0, 0.05) is 18.3 Å². The van der Waals surface area contributed by atoms with Gasteiger partial charge in [-0.1, -0.05) is 12.8 Å². The molecule has 0 saturated heterocycles. The van der Waals surface area contributed by atoms with E-state index in [1.54, 1.807) is 17.1 Å². The largest absolute Gasteiger partial charge is 0.298 e. The number of pyridine rings is 1. The molecule has 1 saturated carbocycles. The molecule has 19 heavy (non-hydrogen) atoms. The lowest BCUT2D eigenvalue weighted by Gasteiger charge is -2.05. The van der Waals surface area contributed by atoms with Crippen LogP contribution in [0.5, 0.6) is 0 Å². The van der Waals surface area contributed by atoms with E-state index >= 15 is 0 Å². The SMILES string of the molecule is Cc1ccnc(-n2cc(C=O)c(C3CCCC3)n2)c1. The predicted octanol–water partition coefficient (Wildman–Crippen LogP) is 3.05. The Hall–Kier alpha value is -1.97. The zero-order valence-electron chi connectivity index (χ0n) is 11.0. The molecule has 0 radical (unpaired) electrons. The first kappa shape index (κ1) is 12.1. The molecule has 0 aromatic carbocycles. The molecule has 3 rings (SSSR count). The summed E-state index contributed by atoms with van der Waals surface area (Å²) >= 11 is 0. The summed E-state index contributed by atoms with van der Waals surface area (Å²) in [6.45, 7) is 2.02. The second-order valence-electron chi connectivity index (χ2n) is 5.20. The molecule has 0 amide bonds. The molecular weight excluding hydrogens is 238 g/mol. The molecule has 2 aromatic heterocycles. The Morgan fingerprint density at radius 3 is 2.84 bits per heavy atom. The zero-order valence-corrected chi connectivity index (χ0v) is 11.0. The molecule has 2 heterocycles. The topological polar surface area (TPSA) is 47.8 Å². The van der Waals surface area contributed by atoms with Crippen molar-refractivity contribution >= 4 is 6.29 Å². The van der Waals surface area contributed by atoms with Gasteiger partial charge in [-0.25, -0.2) is 9.67 Å². The fraction of sp³-hybridized carbons (Fsp3) is 0.400. The molecule has 0 unspecified atom stereocenters. The first-order valence-corrected chi connectivity index (χ1v) is 6.75. The van der Waals surface area contributed by atoms with Crippen molar-refractivity contribution in [3.8, 4) is 5.82 Å². The Morgan fingerprint density at radius 1 is 1.37 bits per heavy atom. The number of hydrogen-bond donors (Lipinski definition) is 0. The Bertz CT molecular complexity index is 597. The van der Waals surface area contributed by atoms with Gasteiger partial charge in [0.05, 0.1) is 11.3 Å². The number of carbonyl (C=O) groups excluding carboxylic acids is 1. The highest BCUT2D eigenvalue weighted by Gasteiger charge is 2.23. The average Bonchev–Trinajstić information content (AvgIpc) is 3.07. The zero-order chi connectivity index (χ0) is 13.2. The summed E-state index contributed by atoms with van der Waals surface area (Å²) in [6.07, 6.45) is 9.22. The smallest absolute Gasteiger partial charge is 0.153 e. The van der Waals surface area contributed by atoms with Crippen molar-refractivity contribution in [3.05, 3.63) is 41.3 Å². The molecule has 2 aromatic rings. The van der Waals surface area contributed by atoms with Gasteiger partial charge >= 0.3 is 0 Å². The number of rotatable bonds is 3. The molecule has 0 spiro atoms. The van der Waals surface area contributed by atoms with E-state index in [0.29, 0.717) is 11.5 Å². The lowest BCUT2D eigenvalue weighted by Crippen LogP contribution is -2.01. The van der Waals surface area contributed by atoms with Gasteiger partial charge < -0.3 is 0 Å². The minimum atomic E-state index is 0.436. The van der Waals surface area contributed by atoms with Gasteiger partial charge in [0.25, 0.3) is 0 Å². The van der Waals surface area contributed by atoms with Crippen molar-refractivity contribution in [3.63, 3.8) is 0 Å². The van der Waals surface area contributed by atoms with Crippen LogP contribution in [0.15, 0.2) is 24.5 Å². The molecule has 4 heteroatoms. The molecule has 0 aliphatic heterocycles. The van der Waals surface area contributed by atoms with Crippen molar-refractivity contribution in [2.75, 3.05) is 0 Å². The summed E-state index contributed by atoms with van der Waals surface area (Å²) in [6, 6.07) is 3.92. The van der Waals surface area contributed by atoms with E-state index in [-0.39, 0.29) is 0 Å². The van der Waals surface area contributed by atoms with Gasteiger partial charge in [0.2, 0.25) is 0 Å². The van der Waals surface area contributed by atoms with Crippen LogP contribution in [0, 0.1) is 6.92 Å². The number of aldehydes is 1. The summed E-state index contributed by atoms with van der Waals surface area (Å²) in [5.41, 5.74) is 2.78. The van der Waals surface area contributed by atoms with Gasteiger partial charge in [-0.05, 0) is 37.5 Å². The van der Waals surface area contributed by atoms with Crippen LogP contribution < -0.4 is 0 Å². The maximum atomic E-state index is 11.2. The van der Waals surface area contributed by atoms with Crippen LogP contribution in [0.2, 0.25) is 0 Å². The van der Waals surface area contributed by atoms with E-state index in [1.165, 1.54) is 12.8 Å². The van der Waals surface area contributed by atoms with Gasteiger partial charge in [-0.2, -0.15) is 5.10 Å². The third-order valence-corrected chi connectivity index (χ3v) is 3.78. The summed E-state index contributed by atoms with van der Waals surface area (Å²) in [5.74, 6) is 1.21. The number of hydrogen-bond acceptors (Lipinski definition) is 3. The van der Waals surface area contributed by atoms with Crippen LogP contribution in [0.3, 0.4) is 0 Å². The van der Waals surface area contributed by atoms with Crippen molar-refractivity contribution in [1.82, 2.24) is 14.8 Å². The van der Waals surface area contributed by atoms with Crippen molar-refractivity contribution in [2.45, 2.75) is 38.5 Å². The highest BCUT2D eigenvalue weighted by atomic mass is 16.1. The number of aromatic nitrogens is 3. The Balaban J connectivity index is 2.01. The van der Waals surface area contributed by atoms with E-state index in [9.17, 15) is 4.79 Å². The van der Waals surface area contributed by atoms with E-state index in [0.717, 1.165) is 36.2 Å². The van der Waals surface area contributed by atoms with Gasteiger partial charge in [0.15, 0.2) is 12.1 Å². The second-order valence-corrected chi connectivity index (χ2v) is 5.20. The van der Waals surface area contributed by atoms with Crippen LogP contribution >= 0.6 is 0 Å². The van der Waals surface area contributed by atoms with Crippen LogP contribution in [0.25, 0.3) is 5.82 Å². The normalized spacial score (nSPS) is 15.8. The molecule has 1 fully saturated rings. The standard InChI is InChI=1S/C15H17N3O/c1-11-6-7-16-14(8-11)18-9-13(10-19)15(17-18)12-4-2-3-5-12/h6-10,12H,2-5H2,1H3. The minimum absolute atomic E-state index is 0.436.